The SMILES string of the molecule is Cc1nc(=O)[nH]c(C)c1CC(=O)N(C)C. The lowest BCUT2D eigenvalue weighted by atomic mass is 10.1. The Bertz CT molecular complexity index is 409. The normalized spacial score (nSPS) is 10.1. The average molecular weight is 209 g/mol. The largest absolute Gasteiger partial charge is 0.349 e. The first-order valence-electron chi connectivity index (χ1n) is 4.68. The summed E-state index contributed by atoms with van der Waals surface area (Å²) in [6.07, 6.45) is 0.272. The first-order valence-corrected chi connectivity index (χ1v) is 4.68. The second-order valence-electron chi connectivity index (χ2n) is 3.70. The van der Waals surface area contributed by atoms with Crippen LogP contribution in [0.2, 0.25) is 0 Å². The number of nitrogens with one attached hydrogen (secondary N) is 1. The number of aromatic amines is 1. The molecule has 1 aromatic heterocycles. The fourth-order valence-corrected chi connectivity index (χ4v) is 1.32. The molecule has 0 aromatic carbocycles. The predicted molar refractivity (Wildman–Crippen MR) is 56.7 cm³/mol. The van der Waals surface area contributed by atoms with Crippen LogP contribution < -0.4 is 5.69 Å². The van der Waals surface area contributed by atoms with E-state index < -0.39 is 0 Å². The first kappa shape index (κ1) is 11.4. The maximum atomic E-state index is 11.5. The van der Waals surface area contributed by atoms with Gasteiger partial charge in [-0.1, -0.05) is 0 Å². The highest BCUT2D eigenvalue weighted by molar-refractivity contribution is 5.78. The summed E-state index contributed by atoms with van der Waals surface area (Å²) in [5.74, 6) is -0.00458. The van der Waals surface area contributed by atoms with Gasteiger partial charge in [-0.25, -0.2) is 4.79 Å². The van der Waals surface area contributed by atoms with Crippen LogP contribution in [0.15, 0.2) is 4.79 Å². The molecule has 0 spiro atoms. The van der Waals surface area contributed by atoms with E-state index in [9.17, 15) is 9.59 Å². The van der Waals surface area contributed by atoms with Crippen LogP contribution in [0, 0.1) is 13.8 Å². The van der Waals surface area contributed by atoms with Crippen molar-refractivity contribution in [2.45, 2.75) is 20.3 Å². The summed E-state index contributed by atoms with van der Waals surface area (Å²) in [5, 5.41) is 0. The Morgan fingerprint density at radius 1 is 1.40 bits per heavy atom. The molecule has 5 heteroatoms. The molecule has 0 saturated heterocycles. The van der Waals surface area contributed by atoms with Gasteiger partial charge in [0, 0.05) is 31.0 Å². The molecule has 82 valence electrons. The van der Waals surface area contributed by atoms with Crippen LogP contribution in [0.25, 0.3) is 0 Å². The molecule has 0 aliphatic carbocycles. The number of aromatic nitrogens is 2. The number of hydrogen-bond acceptors (Lipinski definition) is 3. The van der Waals surface area contributed by atoms with Crippen LogP contribution in [0.4, 0.5) is 0 Å². The number of hydrogen-bond donors (Lipinski definition) is 1. The molecule has 0 atom stereocenters. The highest BCUT2D eigenvalue weighted by Gasteiger charge is 2.11. The molecule has 0 unspecified atom stereocenters. The first-order chi connectivity index (χ1) is 6.91. The lowest BCUT2D eigenvalue weighted by Gasteiger charge is -2.12. The Morgan fingerprint density at radius 2 is 2.00 bits per heavy atom. The van der Waals surface area contributed by atoms with Gasteiger partial charge >= 0.3 is 5.69 Å². The van der Waals surface area contributed by atoms with Gasteiger partial charge in [-0.3, -0.25) is 4.79 Å². The molecule has 0 aliphatic heterocycles. The molecule has 1 amide bonds. The lowest BCUT2D eigenvalue weighted by molar-refractivity contribution is -0.127. The quantitative estimate of drug-likeness (QED) is 0.746. The maximum Gasteiger partial charge on any atom is 0.345 e. The van der Waals surface area contributed by atoms with Crippen molar-refractivity contribution in [2.24, 2.45) is 0 Å². The van der Waals surface area contributed by atoms with Gasteiger partial charge in [-0.15, -0.1) is 0 Å². The van der Waals surface area contributed by atoms with E-state index in [0.717, 1.165) is 5.56 Å². The second-order valence-corrected chi connectivity index (χ2v) is 3.70. The molecule has 0 bridgehead atoms. The zero-order chi connectivity index (χ0) is 11.6. The van der Waals surface area contributed by atoms with Crippen molar-refractivity contribution in [3.8, 4) is 0 Å². The van der Waals surface area contributed by atoms with Crippen LogP contribution in [-0.4, -0.2) is 34.9 Å². The van der Waals surface area contributed by atoms with E-state index in [1.54, 1.807) is 27.9 Å². The standard InChI is InChI=1S/C10H15N3O2/c1-6-8(5-9(14)13(3)4)7(2)12-10(15)11-6/h5H2,1-4H3,(H,11,12,15). The summed E-state index contributed by atoms with van der Waals surface area (Å²) in [6, 6.07) is 0. The zero-order valence-corrected chi connectivity index (χ0v) is 9.42. The third-order valence-electron chi connectivity index (χ3n) is 2.28. The second kappa shape index (κ2) is 4.25. The third-order valence-corrected chi connectivity index (χ3v) is 2.28. The Hall–Kier alpha value is -1.65. The molecule has 0 fully saturated rings. The fourth-order valence-electron chi connectivity index (χ4n) is 1.32. The Labute approximate surface area is 88.1 Å². The number of amides is 1. The number of carbonyl (C=O) groups is 1. The van der Waals surface area contributed by atoms with Gasteiger partial charge in [0.2, 0.25) is 5.91 Å². The summed E-state index contributed by atoms with van der Waals surface area (Å²) >= 11 is 0. The minimum atomic E-state index is -0.369. The molecule has 15 heavy (non-hydrogen) atoms. The summed E-state index contributed by atoms with van der Waals surface area (Å²) in [4.78, 5) is 30.4. The average Bonchev–Trinajstić information content (AvgIpc) is 2.10. The number of likely N-dealkylation sites (N-methyl/N-ethyl adjacent to an activating group) is 1. The van der Waals surface area contributed by atoms with Crippen LogP contribution in [-0.2, 0) is 11.2 Å². The summed E-state index contributed by atoms with van der Waals surface area (Å²) in [6.45, 7) is 3.51. The molecular weight excluding hydrogens is 194 g/mol. The highest BCUT2D eigenvalue weighted by Crippen LogP contribution is 2.08. The summed E-state index contributed by atoms with van der Waals surface area (Å²) < 4.78 is 0. The maximum absolute atomic E-state index is 11.5. The van der Waals surface area contributed by atoms with E-state index in [1.807, 2.05) is 0 Å². The van der Waals surface area contributed by atoms with Crippen molar-refractivity contribution in [1.82, 2.24) is 14.9 Å². The van der Waals surface area contributed by atoms with Crippen LogP contribution in [0.5, 0.6) is 0 Å². The van der Waals surface area contributed by atoms with Crippen molar-refractivity contribution in [3.63, 3.8) is 0 Å². The Balaban J connectivity index is 3.05. The highest BCUT2D eigenvalue weighted by atomic mass is 16.2. The zero-order valence-electron chi connectivity index (χ0n) is 9.42. The molecular formula is C10H15N3O2. The van der Waals surface area contributed by atoms with E-state index >= 15 is 0 Å². The van der Waals surface area contributed by atoms with E-state index in [0.29, 0.717) is 11.4 Å². The number of carbonyl (C=O) groups excluding carboxylic acids is 1. The van der Waals surface area contributed by atoms with E-state index in [-0.39, 0.29) is 18.0 Å². The number of rotatable bonds is 2. The molecule has 0 aliphatic rings. The number of H-pyrrole nitrogens is 1. The van der Waals surface area contributed by atoms with Crippen LogP contribution in [0.1, 0.15) is 17.0 Å². The van der Waals surface area contributed by atoms with Gasteiger partial charge in [-0.05, 0) is 13.8 Å². The van der Waals surface area contributed by atoms with Crippen LogP contribution in [0.3, 0.4) is 0 Å². The predicted octanol–water partition coefficient (Wildman–Crippen LogP) is 0.0174. The topological polar surface area (TPSA) is 66.1 Å². The number of aryl methyl sites for hydroxylation is 2. The molecule has 1 N–H and O–H groups in total. The monoisotopic (exact) mass is 209 g/mol. The molecule has 0 saturated carbocycles. The van der Waals surface area contributed by atoms with E-state index in [1.165, 1.54) is 4.90 Å². The molecule has 1 aromatic rings. The fraction of sp³-hybridized carbons (Fsp3) is 0.500. The van der Waals surface area contributed by atoms with Gasteiger partial charge < -0.3 is 9.88 Å². The molecule has 0 radical (unpaired) electrons. The third kappa shape index (κ3) is 2.65. The lowest BCUT2D eigenvalue weighted by Crippen LogP contribution is -2.26. The van der Waals surface area contributed by atoms with Crippen molar-refractivity contribution in [1.29, 1.82) is 0 Å². The smallest absolute Gasteiger partial charge is 0.345 e. The Morgan fingerprint density at radius 3 is 2.47 bits per heavy atom. The van der Waals surface area contributed by atoms with Crippen molar-refractivity contribution < 1.29 is 4.79 Å². The summed E-state index contributed by atoms with van der Waals surface area (Å²) in [7, 11) is 3.40. The summed E-state index contributed by atoms with van der Waals surface area (Å²) in [5.41, 5.74) is 1.76. The van der Waals surface area contributed by atoms with Gasteiger partial charge in [0.25, 0.3) is 0 Å². The van der Waals surface area contributed by atoms with E-state index in [2.05, 4.69) is 9.97 Å². The number of nitrogens with zero attached hydrogens (tertiary/aromatic N) is 2. The van der Waals surface area contributed by atoms with Gasteiger partial charge in [0.15, 0.2) is 0 Å². The minimum Gasteiger partial charge on any atom is -0.349 e. The van der Waals surface area contributed by atoms with Gasteiger partial charge in [0.1, 0.15) is 0 Å². The van der Waals surface area contributed by atoms with Crippen LogP contribution >= 0.6 is 0 Å². The van der Waals surface area contributed by atoms with E-state index in [4.69, 9.17) is 0 Å². The minimum absolute atomic E-state index is 0.00458. The van der Waals surface area contributed by atoms with Gasteiger partial charge in [0.05, 0.1) is 6.42 Å². The van der Waals surface area contributed by atoms with Crippen molar-refractivity contribution in [2.75, 3.05) is 14.1 Å². The van der Waals surface area contributed by atoms with Crippen molar-refractivity contribution in [3.05, 3.63) is 27.4 Å². The van der Waals surface area contributed by atoms with Gasteiger partial charge in [-0.2, -0.15) is 4.98 Å². The molecule has 5 nitrogen and oxygen atoms in total. The molecule has 1 rings (SSSR count). The Kier molecular flexibility index (Phi) is 3.24. The molecule has 1 heterocycles. The van der Waals surface area contributed by atoms with Crippen molar-refractivity contribution >= 4 is 5.91 Å².